The molecule has 0 N–H and O–H groups in total. The van der Waals surface area contributed by atoms with Gasteiger partial charge in [0.15, 0.2) is 0 Å². The van der Waals surface area contributed by atoms with Gasteiger partial charge < -0.3 is 4.74 Å². The van der Waals surface area contributed by atoms with Gasteiger partial charge in [0.1, 0.15) is 0 Å². The lowest BCUT2D eigenvalue weighted by molar-refractivity contribution is -0.146. The third-order valence-electron chi connectivity index (χ3n) is 2.93. The normalized spacial score (nSPS) is 29.0. The van der Waals surface area contributed by atoms with Gasteiger partial charge in [-0.1, -0.05) is 26.7 Å². The number of carbonyl (C=O) groups excluding carboxylic acids is 1. The molecule has 1 aliphatic heterocycles. The van der Waals surface area contributed by atoms with Crippen molar-refractivity contribution in [3.05, 3.63) is 0 Å². The summed E-state index contributed by atoms with van der Waals surface area (Å²) in [7, 11) is 0. The van der Waals surface area contributed by atoms with Crippen LogP contribution in [0, 0.1) is 5.41 Å². The van der Waals surface area contributed by atoms with Crippen molar-refractivity contribution < 1.29 is 9.53 Å². The maximum Gasteiger partial charge on any atom is 0.312 e. The number of carbonyl (C=O) groups is 1. The molecule has 0 aromatic carbocycles. The predicted octanol–water partition coefficient (Wildman–Crippen LogP) is 2.52. The topological polar surface area (TPSA) is 26.3 Å². The Morgan fingerprint density at radius 1 is 1.50 bits per heavy atom. The fraction of sp³-hybridized carbons (Fsp3) is 0.900. The van der Waals surface area contributed by atoms with Crippen LogP contribution in [0.3, 0.4) is 0 Å². The average Bonchev–Trinajstić information content (AvgIpc) is 2.45. The molecule has 2 heteroatoms. The van der Waals surface area contributed by atoms with Gasteiger partial charge in [0.2, 0.25) is 0 Å². The molecule has 2 nitrogen and oxygen atoms in total. The first kappa shape index (κ1) is 9.56. The zero-order valence-corrected chi connectivity index (χ0v) is 8.06. The molecule has 0 saturated carbocycles. The second-order valence-electron chi connectivity index (χ2n) is 3.62. The van der Waals surface area contributed by atoms with Gasteiger partial charge in [-0.25, -0.2) is 0 Å². The molecule has 0 aromatic rings. The van der Waals surface area contributed by atoms with Gasteiger partial charge in [0, 0.05) is 0 Å². The van der Waals surface area contributed by atoms with Gasteiger partial charge in [0.25, 0.3) is 0 Å². The van der Waals surface area contributed by atoms with E-state index in [2.05, 4.69) is 13.8 Å². The zero-order chi connectivity index (χ0) is 9.03. The highest BCUT2D eigenvalue weighted by Gasteiger charge is 2.41. The third kappa shape index (κ3) is 1.62. The summed E-state index contributed by atoms with van der Waals surface area (Å²) < 4.78 is 5.02. The van der Waals surface area contributed by atoms with Crippen molar-refractivity contribution >= 4 is 5.97 Å². The minimum atomic E-state index is -0.115. The Balaban J connectivity index is 2.55. The molecule has 0 bridgehead atoms. The Kier molecular flexibility index (Phi) is 3.12. The summed E-state index contributed by atoms with van der Waals surface area (Å²) in [5.41, 5.74) is -0.115. The van der Waals surface area contributed by atoms with Crippen LogP contribution in [0.15, 0.2) is 0 Å². The lowest BCUT2D eigenvalue weighted by atomic mass is 9.79. The summed E-state index contributed by atoms with van der Waals surface area (Å²) in [5, 5.41) is 0. The number of unbranched alkanes of at least 4 members (excludes halogenated alkanes) is 1. The van der Waals surface area contributed by atoms with Crippen molar-refractivity contribution in [3.8, 4) is 0 Å². The van der Waals surface area contributed by atoms with Gasteiger partial charge in [-0.2, -0.15) is 0 Å². The molecule has 1 heterocycles. The molecule has 70 valence electrons. The van der Waals surface area contributed by atoms with Crippen LogP contribution < -0.4 is 0 Å². The fourth-order valence-electron chi connectivity index (χ4n) is 1.83. The van der Waals surface area contributed by atoms with Crippen LogP contribution in [-0.2, 0) is 9.53 Å². The zero-order valence-electron chi connectivity index (χ0n) is 8.06. The van der Waals surface area contributed by atoms with E-state index in [1.807, 2.05) is 0 Å². The van der Waals surface area contributed by atoms with Crippen LogP contribution in [0.4, 0.5) is 0 Å². The molecule has 1 aliphatic rings. The molecule has 1 saturated heterocycles. The van der Waals surface area contributed by atoms with Crippen LogP contribution in [0.5, 0.6) is 0 Å². The highest BCUT2D eigenvalue weighted by molar-refractivity contribution is 5.78. The number of hydrogen-bond donors (Lipinski definition) is 0. The third-order valence-corrected chi connectivity index (χ3v) is 2.93. The first-order chi connectivity index (χ1) is 5.75. The smallest absolute Gasteiger partial charge is 0.312 e. The quantitative estimate of drug-likeness (QED) is 0.606. The minimum absolute atomic E-state index is 0.0402. The van der Waals surface area contributed by atoms with Crippen molar-refractivity contribution in [1.29, 1.82) is 0 Å². The van der Waals surface area contributed by atoms with Crippen LogP contribution >= 0.6 is 0 Å². The monoisotopic (exact) mass is 170 g/mol. The molecule has 0 amide bonds. The standard InChI is InChI=1S/C10H18O2/c1-3-5-6-10(4-2)7-8-12-9(10)11/h3-8H2,1-2H3. The van der Waals surface area contributed by atoms with E-state index in [4.69, 9.17) is 4.74 Å². The van der Waals surface area contributed by atoms with Crippen molar-refractivity contribution in [1.82, 2.24) is 0 Å². The van der Waals surface area contributed by atoms with Gasteiger partial charge in [-0.15, -0.1) is 0 Å². The molecular weight excluding hydrogens is 152 g/mol. The lowest BCUT2D eigenvalue weighted by Gasteiger charge is -2.21. The van der Waals surface area contributed by atoms with E-state index in [1.54, 1.807) is 0 Å². The van der Waals surface area contributed by atoms with E-state index >= 15 is 0 Å². The molecule has 0 spiro atoms. The Morgan fingerprint density at radius 2 is 2.25 bits per heavy atom. The Labute approximate surface area is 74.3 Å². The minimum Gasteiger partial charge on any atom is -0.465 e. The molecule has 0 aromatic heterocycles. The maximum atomic E-state index is 11.4. The van der Waals surface area contributed by atoms with Crippen LogP contribution in [0.2, 0.25) is 0 Å². The van der Waals surface area contributed by atoms with Crippen molar-refractivity contribution in [2.45, 2.75) is 46.0 Å². The Morgan fingerprint density at radius 3 is 2.67 bits per heavy atom. The first-order valence-electron chi connectivity index (χ1n) is 4.92. The van der Waals surface area contributed by atoms with E-state index < -0.39 is 0 Å². The van der Waals surface area contributed by atoms with Gasteiger partial charge in [0.05, 0.1) is 12.0 Å². The Bertz CT molecular complexity index is 165. The van der Waals surface area contributed by atoms with Gasteiger partial charge >= 0.3 is 5.97 Å². The molecule has 1 unspecified atom stereocenters. The number of ether oxygens (including phenoxy) is 1. The largest absolute Gasteiger partial charge is 0.465 e. The summed E-state index contributed by atoms with van der Waals surface area (Å²) >= 11 is 0. The molecule has 1 atom stereocenters. The summed E-state index contributed by atoms with van der Waals surface area (Å²) in [6.07, 6.45) is 5.19. The van der Waals surface area contributed by atoms with E-state index in [-0.39, 0.29) is 11.4 Å². The molecule has 0 radical (unpaired) electrons. The highest BCUT2D eigenvalue weighted by Crippen LogP contribution is 2.38. The molecule has 12 heavy (non-hydrogen) atoms. The van der Waals surface area contributed by atoms with Crippen LogP contribution in [-0.4, -0.2) is 12.6 Å². The van der Waals surface area contributed by atoms with Crippen molar-refractivity contribution in [3.63, 3.8) is 0 Å². The predicted molar refractivity (Wildman–Crippen MR) is 47.8 cm³/mol. The van der Waals surface area contributed by atoms with Crippen molar-refractivity contribution in [2.75, 3.05) is 6.61 Å². The van der Waals surface area contributed by atoms with Crippen LogP contribution in [0.1, 0.15) is 46.0 Å². The SMILES string of the molecule is CCCCC1(CC)CCOC1=O. The van der Waals surface area contributed by atoms with Gasteiger partial charge in [-0.05, 0) is 19.3 Å². The number of rotatable bonds is 4. The second-order valence-corrected chi connectivity index (χ2v) is 3.62. The van der Waals surface area contributed by atoms with Gasteiger partial charge in [-0.3, -0.25) is 4.79 Å². The summed E-state index contributed by atoms with van der Waals surface area (Å²) in [5.74, 6) is 0.0402. The molecule has 1 fully saturated rings. The summed E-state index contributed by atoms with van der Waals surface area (Å²) in [6, 6.07) is 0. The number of cyclic esters (lactones) is 1. The Hall–Kier alpha value is -0.530. The molecule has 0 aliphatic carbocycles. The van der Waals surface area contributed by atoms with E-state index in [1.165, 1.54) is 0 Å². The van der Waals surface area contributed by atoms with E-state index in [9.17, 15) is 4.79 Å². The number of esters is 1. The van der Waals surface area contributed by atoms with Crippen LogP contribution in [0.25, 0.3) is 0 Å². The maximum absolute atomic E-state index is 11.4. The van der Waals surface area contributed by atoms with E-state index in [0.29, 0.717) is 6.61 Å². The molecule has 1 rings (SSSR count). The van der Waals surface area contributed by atoms with E-state index in [0.717, 1.165) is 32.1 Å². The second kappa shape index (κ2) is 3.92. The summed E-state index contributed by atoms with van der Waals surface area (Å²) in [4.78, 5) is 11.4. The fourth-order valence-corrected chi connectivity index (χ4v) is 1.83. The lowest BCUT2D eigenvalue weighted by Crippen LogP contribution is -2.25. The first-order valence-corrected chi connectivity index (χ1v) is 4.92. The van der Waals surface area contributed by atoms with Crippen molar-refractivity contribution in [2.24, 2.45) is 5.41 Å². The summed E-state index contributed by atoms with van der Waals surface area (Å²) in [6.45, 7) is 4.88. The molecular formula is C10H18O2. The highest BCUT2D eigenvalue weighted by atomic mass is 16.5. The number of hydrogen-bond acceptors (Lipinski definition) is 2. The average molecular weight is 170 g/mol.